The Hall–Kier alpha value is -2.61. The molecule has 0 saturated heterocycles. The minimum absolute atomic E-state index is 0.0731. The number of phenols is 1. The minimum Gasteiger partial charge on any atom is -0.504 e. The van der Waals surface area contributed by atoms with E-state index in [1.165, 1.54) is 7.11 Å². The highest BCUT2D eigenvalue weighted by Gasteiger charge is 2.49. The summed E-state index contributed by atoms with van der Waals surface area (Å²) < 4.78 is 6.12. The molecule has 0 radical (unpaired) electrons. The van der Waals surface area contributed by atoms with Gasteiger partial charge in [-0.1, -0.05) is 58.0 Å². The number of hydrogen-bond donors (Lipinski definition) is 1. The number of carbonyl (C=O) groups excluding carboxylic acids is 2. The number of rotatable bonds is 4. The van der Waals surface area contributed by atoms with E-state index in [0.717, 1.165) is 46.5 Å². The van der Waals surface area contributed by atoms with E-state index in [9.17, 15) is 14.7 Å². The first-order valence-corrected chi connectivity index (χ1v) is 13.9. The SMILES string of the molecule is COc1cc(C2C3=C(CC(C)(C)CC3=O)N(Cc3ccccc3)C3=C2C(=O)CC(C)(C)C3)cc(I)c1O. The Kier molecular flexibility index (Phi) is 6.54. The van der Waals surface area contributed by atoms with Gasteiger partial charge in [0, 0.05) is 47.8 Å². The van der Waals surface area contributed by atoms with Crippen molar-refractivity contribution in [3.8, 4) is 11.5 Å². The van der Waals surface area contributed by atoms with E-state index >= 15 is 0 Å². The number of phenolic OH excluding ortho intramolecular Hbond substituents is 1. The average Bonchev–Trinajstić information content (AvgIpc) is 2.81. The molecule has 0 atom stereocenters. The van der Waals surface area contributed by atoms with Gasteiger partial charge in [-0.2, -0.15) is 0 Å². The number of ether oxygens (including phenoxy) is 1. The molecule has 1 aliphatic heterocycles. The molecule has 6 heteroatoms. The highest BCUT2D eigenvalue weighted by atomic mass is 127. The predicted octanol–water partition coefficient (Wildman–Crippen LogP) is 6.89. The van der Waals surface area contributed by atoms with Gasteiger partial charge in [0.1, 0.15) is 0 Å². The van der Waals surface area contributed by atoms with Crippen molar-refractivity contribution in [2.24, 2.45) is 10.8 Å². The van der Waals surface area contributed by atoms with Crippen LogP contribution in [-0.4, -0.2) is 28.7 Å². The van der Waals surface area contributed by atoms with Crippen LogP contribution in [0.25, 0.3) is 0 Å². The number of benzene rings is 2. The zero-order valence-electron chi connectivity index (χ0n) is 22.2. The zero-order valence-corrected chi connectivity index (χ0v) is 24.3. The van der Waals surface area contributed by atoms with E-state index in [0.29, 0.717) is 28.7 Å². The highest BCUT2D eigenvalue weighted by molar-refractivity contribution is 14.1. The molecule has 0 fully saturated rings. The number of Topliss-reactive ketones (excluding diaryl/α,β-unsaturated/α-hetero) is 2. The van der Waals surface area contributed by atoms with Crippen molar-refractivity contribution in [2.45, 2.75) is 65.8 Å². The summed E-state index contributed by atoms with van der Waals surface area (Å²) in [6, 6.07) is 14.0. The fourth-order valence-electron chi connectivity index (χ4n) is 6.25. The first-order valence-electron chi connectivity index (χ1n) is 12.8. The van der Waals surface area contributed by atoms with Gasteiger partial charge < -0.3 is 14.7 Å². The number of hydrogen-bond acceptors (Lipinski definition) is 5. The monoisotopic (exact) mass is 611 g/mol. The number of aromatic hydroxyl groups is 1. The summed E-state index contributed by atoms with van der Waals surface area (Å²) in [7, 11) is 1.52. The molecule has 0 bridgehead atoms. The van der Waals surface area contributed by atoms with E-state index in [1.54, 1.807) is 6.07 Å². The Morgan fingerprint density at radius 3 is 1.97 bits per heavy atom. The van der Waals surface area contributed by atoms with Gasteiger partial charge in [-0.15, -0.1) is 0 Å². The Balaban J connectivity index is 1.79. The third kappa shape index (κ3) is 4.73. The van der Waals surface area contributed by atoms with Crippen molar-refractivity contribution in [1.82, 2.24) is 4.90 Å². The van der Waals surface area contributed by atoms with Gasteiger partial charge in [-0.25, -0.2) is 0 Å². The van der Waals surface area contributed by atoms with Crippen LogP contribution in [0.5, 0.6) is 11.5 Å². The molecule has 2 aromatic carbocycles. The molecule has 1 heterocycles. The number of methoxy groups -OCH3 is 1. The normalized spacial score (nSPS) is 21.2. The third-order valence-electron chi connectivity index (χ3n) is 7.81. The Bertz CT molecular complexity index is 1300. The van der Waals surface area contributed by atoms with Crippen LogP contribution in [0.15, 0.2) is 65.0 Å². The van der Waals surface area contributed by atoms with Crippen molar-refractivity contribution in [3.05, 3.63) is 79.7 Å². The first kappa shape index (κ1) is 26.0. The molecular weight excluding hydrogens is 577 g/mol. The molecule has 0 aromatic heterocycles. The van der Waals surface area contributed by atoms with E-state index in [1.807, 2.05) is 24.3 Å². The van der Waals surface area contributed by atoms with Gasteiger partial charge in [0.2, 0.25) is 0 Å². The number of allylic oxidation sites excluding steroid dienone is 4. The molecule has 0 spiro atoms. The summed E-state index contributed by atoms with van der Waals surface area (Å²) >= 11 is 2.09. The number of carbonyl (C=O) groups is 2. The van der Waals surface area contributed by atoms with Crippen LogP contribution in [0.1, 0.15) is 70.4 Å². The smallest absolute Gasteiger partial charge is 0.171 e. The van der Waals surface area contributed by atoms with Gasteiger partial charge >= 0.3 is 0 Å². The third-order valence-corrected chi connectivity index (χ3v) is 8.63. The molecule has 5 nitrogen and oxygen atoms in total. The maximum absolute atomic E-state index is 13.9. The van der Waals surface area contributed by atoms with Crippen molar-refractivity contribution >= 4 is 34.2 Å². The van der Waals surface area contributed by atoms with Crippen LogP contribution >= 0.6 is 22.6 Å². The molecule has 37 heavy (non-hydrogen) atoms. The van der Waals surface area contributed by atoms with E-state index in [2.05, 4.69) is 67.3 Å². The standard InChI is InChI=1S/C31H34INO4/c1-30(2)13-21-27(23(34)15-30)26(19-11-20(32)29(36)25(12-19)37-5)28-22(14-31(3,4)16-24(28)35)33(21)17-18-9-7-6-8-10-18/h6-12,26,36H,13-17H2,1-5H3. The lowest BCUT2D eigenvalue weighted by Crippen LogP contribution is -2.44. The molecule has 194 valence electrons. The molecular formula is C31H34INO4. The fourth-order valence-corrected chi connectivity index (χ4v) is 6.88. The summed E-state index contributed by atoms with van der Waals surface area (Å²) in [5.74, 6) is 0.155. The van der Waals surface area contributed by atoms with Crippen LogP contribution < -0.4 is 4.74 Å². The summed E-state index contributed by atoms with van der Waals surface area (Å²) in [6.07, 6.45) is 2.40. The minimum atomic E-state index is -0.466. The lowest BCUT2D eigenvalue weighted by Gasteiger charge is -2.49. The van der Waals surface area contributed by atoms with Gasteiger partial charge in [0.05, 0.1) is 10.7 Å². The highest BCUT2D eigenvalue weighted by Crippen LogP contribution is 2.55. The van der Waals surface area contributed by atoms with Crippen LogP contribution in [0.3, 0.4) is 0 Å². The van der Waals surface area contributed by atoms with Crippen molar-refractivity contribution in [2.75, 3.05) is 7.11 Å². The van der Waals surface area contributed by atoms with Gasteiger partial charge in [-0.3, -0.25) is 9.59 Å². The molecule has 2 aliphatic carbocycles. The fraction of sp³-hybridized carbons (Fsp3) is 0.419. The first-order chi connectivity index (χ1) is 17.4. The Labute approximate surface area is 232 Å². The maximum atomic E-state index is 13.9. The lowest BCUT2D eigenvalue weighted by molar-refractivity contribution is -0.119. The van der Waals surface area contributed by atoms with E-state index < -0.39 is 5.92 Å². The van der Waals surface area contributed by atoms with E-state index in [-0.39, 0.29) is 28.1 Å². The number of halogens is 1. The molecule has 0 unspecified atom stereocenters. The quantitative estimate of drug-likeness (QED) is 0.382. The Morgan fingerprint density at radius 1 is 0.919 bits per heavy atom. The van der Waals surface area contributed by atoms with Crippen LogP contribution in [-0.2, 0) is 16.1 Å². The molecule has 1 N–H and O–H groups in total. The predicted molar refractivity (Wildman–Crippen MR) is 152 cm³/mol. The molecule has 5 rings (SSSR count). The summed E-state index contributed by atoms with van der Waals surface area (Å²) in [5, 5.41) is 10.5. The van der Waals surface area contributed by atoms with Crippen LogP contribution in [0, 0.1) is 14.4 Å². The summed E-state index contributed by atoms with van der Waals surface area (Å²) in [5.41, 5.74) is 5.12. The van der Waals surface area contributed by atoms with Crippen molar-refractivity contribution in [3.63, 3.8) is 0 Å². The van der Waals surface area contributed by atoms with Gasteiger partial charge in [0.25, 0.3) is 0 Å². The lowest BCUT2D eigenvalue weighted by atomic mass is 9.63. The molecule has 3 aliphatic rings. The second-order valence-corrected chi connectivity index (χ2v) is 13.3. The van der Waals surface area contributed by atoms with Crippen molar-refractivity contribution < 1.29 is 19.4 Å². The Morgan fingerprint density at radius 2 is 1.46 bits per heavy atom. The van der Waals surface area contributed by atoms with Gasteiger partial charge in [-0.05, 0) is 69.5 Å². The zero-order chi connectivity index (χ0) is 26.7. The largest absolute Gasteiger partial charge is 0.504 e. The molecule has 0 saturated carbocycles. The van der Waals surface area contributed by atoms with Crippen LogP contribution in [0.4, 0.5) is 0 Å². The number of ketones is 2. The number of nitrogens with zero attached hydrogens (tertiary/aromatic N) is 1. The second kappa shape index (κ2) is 9.29. The average molecular weight is 612 g/mol. The second-order valence-electron chi connectivity index (χ2n) is 12.2. The summed E-state index contributed by atoms with van der Waals surface area (Å²) in [6.45, 7) is 9.22. The van der Waals surface area contributed by atoms with Crippen molar-refractivity contribution in [1.29, 1.82) is 0 Å². The van der Waals surface area contributed by atoms with Crippen LogP contribution in [0.2, 0.25) is 0 Å². The summed E-state index contributed by atoms with van der Waals surface area (Å²) in [4.78, 5) is 30.2. The van der Waals surface area contributed by atoms with Gasteiger partial charge in [0.15, 0.2) is 23.1 Å². The molecule has 0 amide bonds. The maximum Gasteiger partial charge on any atom is 0.171 e. The molecule has 2 aromatic rings. The van der Waals surface area contributed by atoms with E-state index in [4.69, 9.17) is 4.74 Å². The topological polar surface area (TPSA) is 66.8 Å².